The third-order valence-electron chi connectivity index (χ3n) is 3.69. The lowest BCUT2D eigenvalue weighted by molar-refractivity contribution is -0.119. The first-order chi connectivity index (χ1) is 10.2. The van der Waals surface area contributed by atoms with Crippen molar-refractivity contribution < 1.29 is 4.79 Å². The van der Waals surface area contributed by atoms with E-state index < -0.39 is 0 Å². The molecule has 2 rings (SSSR count). The Bertz CT molecular complexity index is 546. The molecule has 0 aromatic heterocycles. The van der Waals surface area contributed by atoms with Crippen LogP contribution in [-0.2, 0) is 11.3 Å². The van der Waals surface area contributed by atoms with Gasteiger partial charge in [0.25, 0.3) is 0 Å². The summed E-state index contributed by atoms with van der Waals surface area (Å²) in [6.45, 7) is 3.72. The Labute approximate surface area is 125 Å². The predicted octanol–water partition coefficient (Wildman–Crippen LogP) is 1.38. The molecule has 0 aliphatic heterocycles. The fourth-order valence-corrected chi connectivity index (χ4v) is 2.23. The number of benzene rings is 1. The summed E-state index contributed by atoms with van der Waals surface area (Å²) in [6.07, 6.45) is 2.50. The van der Waals surface area contributed by atoms with E-state index in [1.54, 1.807) is 7.05 Å². The SMILES string of the molecule is CCN(CC(=O)NC)c1ccc(CNC2CC2)cc1C#N. The molecule has 0 heterocycles. The van der Waals surface area contributed by atoms with Crippen molar-refractivity contribution in [3.05, 3.63) is 29.3 Å². The zero-order chi connectivity index (χ0) is 15.2. The van der Waals surface area contributed by atoms with Crippen molar-refractivity contribution in [2.24, 2.45) is 0 Å². The quantitative estimate of drug-likeness (QED) is 0.794. The zero-order valence-corrected chi connectivity index (χ0v) is 12.6. The van der Waals surface area contributed by atoms with Crippen molar-refractivity contribution in [1.82, 2.24) is 10.6 Å². The summed E-state index contributed by atoms with van der Waals surface area (Å²) < 4.78 is 0. The Hall–Kier alpha value is -2.06. The highest BCUT2D eigenvalue weighted by Gasteiger charge is 2.20. The maximum atomic E-state index is 11.6. The second kappa shape index (κ2) is 7.09. The van der Waals surface area contributed by atoms with Gasteiger partial charge in [0.1, 0.15) is 6.07 Å². The second-order valence-corrected chi connectivity index (χ2v) is 5.31. The smallest absolute Gasteiger partial charge is 0.239 e. The van der Waals surface area contributed by atoms with Crippen molar-refractivity contribution in [2.45, 2.75) is 32.4 Å². The first kappa shape index (κ1) is 15.3. The van der Waals surface area contributed by atoms with Gasteiger partial charge in [0.15, 0.2) is 0 Å². The monoisotopic (exact) mass is 286 g/mol. The normalized spacial score (nSPS) is 13.6. The zero-order valence-electron chi connectivity index (χ0n) is 12.6. The largest absolute Gasteiger partial charge is 0.361 e. The Kier molecular flexibility index (Phi) is 5.18. The molecule has 0 radical (unpaired) electrons. The first-order valence-corrected chi connectivity index (χ1v) is 7.39. The molecule has 21 heavy (non-hydrogen) atoms. The number of hydrogen-bond donors (Lipinski definition) is 2. The number of carbonyl (C=O) groups excluding carboxylic acids is 1. The summed E-state index contributed by atoms with van der Waals surface area (Å²) in [5.41, 5.74) is 2.55. The molecule has 1 aromatic rings. The standard InChI is InChI=1S/C16H22N4O/c1-3-20(11-16(21)18-2)15-7-4-12(8-13(15)9-17)10-19-14-5-6-14/h4,7-8,14,19H,3,5-6,10-11H2,1-2H3,(H,18,21). The maximum absolute atomic E-state index is 11.6. The van der Waals surface area contributed by atoms with E-state index in [1.807, 2.05) is 30.0 Å². The number of rotatable bonds is 7. The topological polar surface area (TPSA) is 68.2 Å². The molecule has 112 valence electrons. The summed E-state index contributed by atoms with van der Waals surface area (Å²) >= 11 is 0. The van der Waals surface area contributed by atoms with Gasteiger partial charge in [0, 0.05) is 26.2 Å². The highest BCUT2D eigenvalue weighted by molar-refractivity contribution is 5.81. The lowest BCUT2D eigenvalue weighted by atomic mass is 10.1. The van der Waals surface area contributed by atoms with Gasteiger partial charge in [-0.25, -0.2) is 0 Å². The fraction of sp³-hybridized carbons (Fsp3) is 0.500. The summed E-state index contributed by atoms with van der Waals surface area (Å²) in [7, 11) is 1.62. The summed E-state index contributed by atoms with van der Waals surface area (Å²) in [4.78, 5) is 13.5. The molecule has 1 aliphatic carbocycles. The predicted molar refractivity (Wildman–Crippen MR) is 83.0 cm³/mol. The second-order valence-electron chi connectivity index (χ2n) is 5.31. The average Bonchev–Trinajstić information content (AvgIpc) is 3.34. The lowest BCUT2D eigenvalue weighted by Crippen LogP contribution is -2.35. The molecule has 5 nitrogen and oxygen atoms in total. The molecule has 5 heteroatoms. The van der Waals surface area contributed by atoms with Crippen LogP contribution in [0.5, 0.6) is 0 Å². The molecule has 2 N–H and O–H groups in total. The molecule has 0 atom stereocenters. The van der Waals surface area contributed by atoms with Gasteiger partial charge in [0.2, 0.25) is 5.91 Å². The summed E-state index contributed by atoms with van der Waals surface area (Å²) in [5.74, 6) is -0.0554. The van der Waals surface area contributed by atoms with Crippen LogP contribution in [0.2, 0.25) is 0 Å². The molecule has 0 unspecified atom stereocenters. The first-order valence-electron chi connectivity index (χ1n) is 7.39. The number of hydrogen-bond acceptors (Lipinski definition) is 4. The van der Waals surface area contributed by atoms with E-state index in [0.717, 1.165) is 17.8 Å². The van der Waals surface area contributed by atoms with E-state index in [4.69, 9.17) is 0 Å². The molecular weight excluding hydrogens is 264 g/mol. The Balaban J connectivity index is 2.13. The van der Waals surface area contributed by atoms with Crippen molar-refractivity contribution in [3.63, 3.8) is 0 Å². The van der Waals surface area contributed by atoms with Gasteiger partial charge in [-0.2, -0.15) is 5.26 Å². The summed E-state index contributed by atoms with van der Waals surface area (Å²) in [5, 5.41) is 15.4. The third-order valence-corrected chi connectivity index (χ3v) is 3.69. The van der Waals surface area contributed by atoms with E-state index in [2.05, 4.69) is 16.7 Å². The van der Waals surface area contributed by atoms with Crippen LogP contribution in [0, 0.1) is 11.3 Å². The van der Waals surface area contributed by atoms with E-state index in [-0.39, 0.29) is 12.5 Å². The number of carbonyl (C=O) groups is 1. The number of nitriles is 1. The van der Waals surface area contributed by atoms with E-state index in [9.17, 15) is 10.1 Å². The van der Waals surface area contributed by atoms with Gasteiger partial charge in [0.05, 0.1) is 17.8 Å². The Morgan fingerprint density at radius 1 is 1.48 bits per heavy atom. The van der Waals surface area contributed by atoms with Gasteiger partial charge in [-0.3, -0.25) is 4.79 Å². The molecule has 1 saturated carbocycles. The van der Waals surface area contributed by atoms with Gasteiger partial charge in [-0.15, -0.1) is 0 Å². The van der Waals surface area contributed by atoms with E-state index in [1.165, 1.54) is 12.8 Å². The molecule has 0 saturated heterocycles. The minimum absolute atomic E-state index is 0.0554. The average molecular weight is 286 g/mol. The lowest BCUT2D eigenvalue weighted by Gasteiger charge is -2.23. The van der Waals surface area contributed by atoms with Crippen LogP contribution in [0.15, 0.2) is 18.2 Å². The van der Waals surface area contributed by atoms with Crippen LogP contribution in [0.4, 0.5) is 5.69 Å². The van der Waals surface area contributed by atoms with Crippen molar-refractivity contribution in [2.75, 3.05) is 25.0 Å². The molecule has 1 fully saturated rings. The molecular formula is C16H22N4O. The molecule has 1 aromatic carbocycles. The van der Waals surface area contributed by atoms with Crippen molar-refractivity contribution in [3.8, 4) is 6.07 Å². The number of likely N-dealkylation sites (N-methyl/N-ethyl adjacent to an activating group) is 2. The molecule has 0 bridgehead atoms. The number of nitrogens with zero attached hydrogens (tertiary/aromatic N) is 2. The maximum Gasteiger partial charge on any atom is 0.239 e. The van der Waals surface area contributed by atoms with Crippen LogP contribution in [0.3, 0.4) is 0 Å². The van der Waals surface area contributed by atoms with Crippen LogP contribution in [-0.4, -0.2) is 32.1 Å². The van der Waals surface area contributed by atoms with E-state index >= 15 is 0 Å². The Morgan fingerprint density at radius 2 is 2.24 bits per heavy atom. The minimum Gasteiger partial charge on any atom is -0.361 e. The van der Waals surface area contributed by atoms with Gasteiger partial charge in [-0.05, 0) is 37.5 Å². The number of anilines is 1. The minimum atomic E-state index is -0.0554. The van der Waals surface area contributed by atoms with E-state index in [0.29, 0.717) is 18.2 Å². The van der Waals surface area contributed by atoms with Crippen molar-refractivity contribution in [1.29, 1.82) is 5.26 Å². The molecule has 0 spiro atoms. The number of amides is 1. The third kappa shape index (κ3) is 4.20. The van der Waals surface area contributed by atoms with Crippen LogP contribution >= 0.6 is 0 Å². The van der Waals surface area contributed by atoms with Gasteiger partial charge in [-0.1, -0.05) is 6.07 Å². The number of nitrogens with one attached hydrogen (secondary N) is 2. The Morgan fingerprint density at radius 3 is 2.81 bits per heavy atom. The summed E-state index contributed by atoms with van der Waals surface area (Å²) in [6, 6.07) is 8.77. The van der Waals surface area contributed by atoms with Gasteiger partial charge >= 0.3 is 0 Å². The van der Waals surface area contributed by atoms with Crippen LogP contribution in [0.25, 0.3) is 0 Å². The highest BCUT2D eigenvalue weighted by Crippen LogP contribution is 2.23. The fourth-order valence-electron chi connectivity index (χ4n) is 2.23. The van der Waals surface area contributed by atoms with Gasteiger partial charge < -0.3 is 15.5 Å². The van der Waals surface area contributed by atoms with Crippen molar-refractivity contribution >= 4 is 11.6 Å². The highest BCUT2D eigenvalue weighted by atomic mass is 16.1. The molecule has 1 aliphatic rings. The van der Waals surface area contributed by atoms with Crippen LogP contribution < -0.4 is 15.5 Å². The van der Waals surface area contributed by atoms with Crippen LogP contribution in [0.1, 0.15) is 30.9 Å². The molecule has 1 amide bonds.